The third-order valence-electron chi connectivity index (χ3n) is 1.98. The van der Waals surface area contributed by atoms with Crippen molar-refractivity contribution in [3.8, 4) is 11.8 Å². The van der Waals surface area contributed by atoms with Crippen molar-refractivity contribution >= 4 is 0 Å². The van der Waals surface area contributed by atoms with E-state index in [2.05, 4.69) is 18.8 Å². The molecule has 1 radical (unpaired) electrons. The lowest BCUT2D eigenvalue weighted by Crippen LogP contribution is -1.78. The van der Waals surface area contributed by atoms with Crippen LogP contribution in [0.5, 0.6) is 0 Å². The van der Waals surface area contributed by atoms with Gasteiger partial charge in [-0.15, -0.1) is 11.8 Å². The Labute approximate surface area is 77.8 Å². The minimum absolute atomic E-state index is 1.09. The summed E-state index contributed by atoms with van der Waals surface area (Å²) < 4.78 is 0. The van der Waals surface area contributed by atoms with Crippen LogP contribution < -0.4 is 0 Å². The predicted molar refractivity (Wildman–Crippen MR) is 55.7 cm³/mol. The van der Waals surface area contributed by atoms with Crippen LogP contribution >= 0.6 is 0 Å². The summed E-state index contributed by atoms with van der Waals surface area (Å²) in [5, 5.41) is 0. The fourth-order valence-corrected chi connectivity index (χ4v) is 1.22. The van der Waals surface area contributed by atoms with Gasteiger partial charge < -0.3 is 0 Å². The van der Waals surface area contributed by atoms with Crippen LogP contribution in [0.4, 0.5) is 0 Å². The van der Waals surface area contributed by atoms with Gasteiger partial charge in [0.1, 0.15) is 0 Å². The van der Waals surface area contributed by atoms with Crippen LogP contribution in [0, 0.1) is 18.8 Å². The molecular formula is C12H21. The Hall–Kier alpha value is -0.440. The maximum absolute atomic E-state index is 3.83. The second kappa shape index (κ2) is 10.6. The van der Waals surface area contributed by atoms with Gasteiger partial charge in [-0.25, -0.2) is 0 Å². The van der Waals surface area contributed by atoms with Gasteiger partial charge in [0.05, 0.1) is 0 Å². The Morgan fingerprint density at radius 2 is 1.50 bits per heavy atom. The van der Waals surface area contributed by atoms with Crippen LogP contribution in [0.3, 0.4) is 0 Å². The molecule has 0 aliphatic rings. The molecule has 0 saturated heterocycles. The first kappa shape index (κ1) is 11.6. The molecule has 0 aromatic heterocycles. The average Bonchev–Trinajstić information content (AvgIpc) is 2.10. The summed E-state index contributed by atoms with van der Waals surface area (Å²) >= 11 is 0. The number of hydrogen-bond acceptors (Lipinski definition) is 0. The van der Waals surface area contributed by atoms with Gasteiger partial charge in [0.15, 0.2) is 0 Å². The Bertz CT molecular complexity index is 125. The molecule has 0 spiro atoms. The fraction of sp³-hybridized carbons (Fsp3) is 0.750. The van der Waals surface area contributed by atoms with E-state index >= 15 is 0 Å². The van der Waals surface area contributed by atoms with E-state index in [9.17, 15) is 0 Å². The van der Waals surface area contributed by atoms with E-state index < -0.39 is 0 Å². The maximum Gasteiger partial charge on any atom is 0.00885 e. The van der Waals surface area contributed by atoms with Gasteiger partial charge in [-0.1, -0.05) is 45.4 Å². The summed E-state index contributed by atoms with van der Waals surface area (Å²) in [5.41, 5.74) is 0. The largest absolute Gasteiger partial charge is 0.107 e. The molecule has 69 valence electrons. The van der Waals surface area contributed by atoms with Crippen LogP contribution in [0.15, 0.2) is 0 Å². The van der Waals surface area contributed by atoms with Crippen molar-refractivity contribution in [3.63, 3.8) is 0 Å². The normalized spacial score (nSPS) is 9.17. The van der Waals surface area contributed by atoms with E-state index in [0.717, 1.165) is 12.8 Å². The molecule has 0 aromatic carbocycles. The minimum atomic E-state index is 1.09. The van der Waals surface area contributed by atoms with Crippen molar-refractivity contribution in [2.75, 3.05) is 0 Å². The van der Waals surface area contributed by atoms with Gasteiger partial charge in [-0.05, 0) is 13.3 Å². The molecule has 0 aromatic rings. The Balaban J connectivity index is 2.84. The number of unbranched alkanes of at least 4 members (excludes halogenated alkanes) is 7. The predicted octanol–water partition coefficient (Wildman–Crippen LogP) is 3.96. The van der Waals surface area contributed by atoms with Crippen molar-refractivity contribution in [2.24, 2.45) is 0 Å². The molecule has 12 heavy (non-hydrogen) atoms. The van der Waals surface area contributed by atoms with E-state index in [-0.39, 0.29) is 0 Å². The maximum atomic E-state index is 3.83. The van der Waals surface area contributed by atoms with Crippen molar-refractivity contribution in [1.29, 1.82) is 0 Å². The highest BCUT2D eigenvalue weighted by Gasteiger charge is 1.88. The first-order valence-corrected chi connectivity index (χ1v) is 5.10. The van der Waals surface area contributed by atoms with Gasteiger partial charge in [0, 0.05) is 6.42 Å². The summed E-state index contributed by atoms with van der Waals surface area (Å²) in [5.74, 6) is 6.01. The number of hydrogen-bond donors (Lipinski definition) is 0. The SMILES string of the molecule is [CH2]CCCCCCCCC#CC. The molecule has 0 heterocycles. The molecular weight excluding hydrogens is 144 g/mol. The topological polar surface area (TPSA) is 0 Å². The third-order valence-corrected chi connectivity index (χ3v) is 1.98. The molecule has 0 rings (SSSR count). The summed E-state index contributed by atoms with van der Waals surface area (Å²) in [7, 11) is 0. The van der Waals surface area contributed by atoms with Crippen molar-refractivity contribution in [1.82, 2.24) is 0 Å². The Morgan fingerprint density at radius 3 is 2.08 bits per heavy atom. The molecule has 0 saturated carbocycles. The highest BCUT2D eigenvalue weighted by atomic mass is 13.9. The van der Waals surface area contributed by atoms with Crippen molar-refractivity contribution < 1.29 is 0 Å². The van der Waals surface area contributed by atoms with Crippen LogP contribution in [-0.4, -0.2) is 0 Å². The number of rotatable bonds is 7. The lowest BCUT2D eigenvalue weighted by atomic mass is 10.1. The second-order valence-corrected chi connectivity index (χ2v) is 3.15. The molecule has 0 heteroatoms. The van der Waals surface area contributed by atoms with Crippen molar-refractivity contribution in [2.45, 2.75) is 58.3 Å². The van der Waals surface area contributed by atoms with E-state index in [1.807, 2.05) is 6.92 Å². The zero-order chi connectivity index (χ0) is 9.07. The fourth-order valence-electron chi connectivity index (χ4n) is 1.22. The van der Waals surface area contributed by atoms with E-state index in [1.54, 1.807) is 0 Å². The van der Waals surface area contributed by atoms with Gasteiger partial charge >= 0.3 is 0 Å². The molecule has 0 fully saturated rings. The molecule has 0 bridgehead atoms. The standard InChI is InChI=1S/C12H21/c1-3-5-7-9-11-12-10-8-6-4-2/h1,3,5,7-12H2,2H3. The van der Waals surface area contributed by atoms with Crippen LogP contribution in [0.25, 0.3) is 0 Å². The van der Waals surface area contributed by atoms with Crippen LogP contribution in [0.2, 0.25) is 0 Å². The Kier molecular flexibility index (Phi) is 10.2. The smallest absolute Gasteiger partial charge is 0.00885 e. The van der Waals surface area contributed by atoms with Crippen LogP contribution in [-0.2, 0) is 0 Å². The van der Waals surface area contributed by atoms with Gasteiger partial charge in [-0.2, -0.15) is 0 Å². The molecule has 0 unspecified atom stereocenters. The first-order valence-electron chi connectivity index (χ1n) is 5.10. The summed E-state index contributed by atoms with van der Waals surface area (Å²) in [6, 6.07) is 0. The Morgan fingerprint density at radius 1 is 0.917 bits per heavy atom. The molecule has 0 aliphatic heterocycles. The van der Waals surface area contributed by atoms with E-state index in [4.69, 9.17) is 0 Å². The van der Waals surface area contributed by atoms with E-state index in [0.29, 0.717) is 0 Å². The van der Waals surface area contributed by atoms with Gasteiger partial charge in [0.25, 0.3) is 0 Å². The highest BCUT2D eigenvalue weighted by Crippen LogP contribution is 2.07. The van der Waals surface area contributed by atoms with E-state index in [1.165, 1.54) is 38.5 Å². The summed E-state index contributed by atoms with van der Waals surface area (Å²) in [4.78, 5) is 0. The second-order valence-electron chi connectivity index (χ2n) is 3.15. The lowest BCUT2D eigenvalue weighted by molar-refractivity contribution is 0.601. The third kappa shape index (κ3) is 9.56. The molecule has 0 nitrogen and oxygen atoms in total. The lowest BCUT2D eigenvalue weighted by Gasteiger charge is -1.97. The van der Waals surface area contributed by atoms with Crippen LogP contribution in [0.1, 0.15) is 58.3 Å². The monoisotopic (exact) mass is 165 g/mol. The minimum Gasteiger partial charge on any atom is -0.107 e. The van der Waals surface area contributed by atoms with Crippen molar-refractivity contribution in [3.05, 3.63) is 6.92 Å². The molecule has 0 N–H and O–H groups in total. The zero-order valence-electron chi connectivity index (χ0n) is 8.36. The molecule has 0 aliphatic carbocycles. The first-order chi connectivity index (χ1) is 5.91. The zero-order valence-corrected chi connectivity index (χ0v) is 8.36. The molecule has 0 atom stereocenters. The van der Waals surface area contributed by atoms with Gasteiger partial charge in [-0.3, -0.25) is 0 Å². The van der Waals surface area contributed by atoms with Gasteiger partial charge in [0.2, 0.25) is 0 Å². The summed E-state index contributed by atoms with van der Waals surface area (Å²) in [6.45, 7) is 5.74. The molecule has 0 amide bonds. The summed E-state index contributed by atoms with van der Waals surface area (Å²) in [6.07, 6.45) is 10.3. The average molecular weight is 165 g/mol. The highest BCUT2D eigenvalue weighted by molar-refractivity contribution is 4.94. The quantitative estimate of drug-likeness (QED) is 0.395.